The van der Waals surface area contributed by atoms with Gasteiger partial charge in [-0.15, -0.1) is 0 Å². The molecule has 3 rings (SSSR count). The Labute approximate surface area is 162 Å². The topological polar surface area (TPSA) is 40.6 Å². The highest BCUT2D eigenvalue weighted by Gasteiger charge is 2.20. The lowest BCUT2D eigenvalue weighted by Gasteiger charge is -2.36. The number of alkyl halides is 2. The molecular formula is C19H22F2N4OS. The molecule has 0 saturated carbocycles. The lowest BCUT2D eigenvalue weighted by molar-refractivity contribution is -0.0493. The summed E-state index contributed by atoms with van der Waals surface area (Å²) in [5, 5.41) is 3.56. The zero-order valence-electron chi connectivity index (χ0n) is 15.1. The van der Waals surface area contributed by atoms with Crippen LogP contribution in [0.4, 0.5) is 14.5 Å². The molecule has 1 fully saturated rings. The number of nitrogens with one attached hydrogen (secondary N) is 1. The summed E-state index contributed by atoms with van der Waals surface area (Å²) in [5.41, 5.74) is 2.47. The fourth-order valence-corrected chi connectivity index (χ4v) is 3.27. The van der Waals surface area contributed by atoms with E-state index in [4.69, 9.17) is 12.2 Å². The summed E-state index contributed by atoms with van der Waals surface area (Å²) in [7, 11) is 0. The van der Waals surface area contributed by atoms with E-state index in [9.17, 15) is 8.78 Å². The van der Waals surface area contributed by atoms with Crippen LogP contribution in [0.2, 0.25) is 0 Å². The number of pyridine rings is 1. The standard InChI is InChI=1S/C19H22F2N4OS/c1-14-4-5-16(17(11-14)26-18(20)21)23-19(27)25-9-7-24(8-10-25)13-15-3-2-6-22-12-15/h2-6,11-12,18H,7-10,13H2,1H3,(H,23,27). The first kappa shape index (κ1) is 19.4. The Morgan fingerprint density at radius 3 is 2.70 bits per heavy atom. The first-order chi connectivity index (χ1) is 13.0. The number of hydrogen-bond acceptors (Lipinski definition) is 4. The molecule has 1 saturated heterocycles. The van der Waals surface area contributed by atoms with Crippen molar-refractivity contribution in [3.63, 3.8) is 0 Å². The van der Waals surface area contributed by atoms with Gasteiger partial charge in [-0.05, 0) is 48.5 Å². The molecule has 0 spiro atoms. The fraction of sp³-hybridized carbons (Fsp3) is 0.368. The quantitative estimate of drug-likeness (QED) is 0.786. The lowest BCUT2D eigenvalue weighted by Crippen LogP contribution is -2.49. The van der Waals surface area contributed by atoms with Crippen LogP contribution in [0.1, 0.15) is 11.1 Å². The predicted molar refractivity (Wildman–Crippen MR) is 105 cm³/mol. The van der Waals surface area contributed by atoms with Gasteiger partial charge in [0.15, 0.2) is 5.11 Å². The average Bonchev–Trinajstić information content (AvgIpc) is 2.65. The van der Waals surface area contributed by atoms with Crippen molar-refractivity contribution in [3.8, 4) is 5.75 Å². The number of ether oxygens (including phenoxy) is 1. The van der Waals surface area contributed by atoms with Gasteiger partial charge in [0.1, 0.15) is 5.75 Å². The van der Waals surface area contributed by atoms with Crippen molar-refractivity contribution >= 4 is 23.0 Å². The Morgan fingerprint density at radius 1 is 1.26 bits per heavy atom. The molecule has 0 atom stereocenters. The molecule has 1 N–H and O–H groups in total. The van der Waals surface area contributed by atoms with Crippen molar-refractivity contribution in [3.05, 3.63) is 53.9 Å². The Morgan fingerprint density at radius 2 is 2.04 bits per heavy atom. The van der Waals surface area contributed by atoms with Crippen LogP contribution in [0.3, 0.4) is 0 Å². The maximum atomic E-state index is 12.6. The normalized spacial score (nSPS) is 15.0. The van der Waals surface area contributed by atoms with Gasteiger partial charge in [-0.1, -0.05) is 12.1 Å². The predicted octanol–water partition coefficient (Wildman–Crippen LogP) is 3.51. The summed E-state index contributed by atoms with van der Waals surface area (Å²) in [5.74, 6) is 0.0996. The second kappa shape index (κ2) is 9.05. The molecule has 5 nitrogen and oxygen atoms in total. The van der Waals surface area contributed by atoms with Gasteiger partial charge in [0.2, 0.25) is 0 Å². The van der Waals surface area contributed by atoms with Crippen LogP contribution >= 0.6 is 12.2 Å². The van der Waals surface area contributed by atoms with Gasteiger partial charge >= 0.3 is 6.61 Å². The van der Waals surface area contributed by atoms with Gasteiger partial charge in [-0.25, -0.2) is 0 Å². The monoisotopic (exact) mass is 392 g/mol. The van der Waals surface area contributed by atoms with Crippen LogP contribution in [0.15, 0.2) is 42.7 Å². The number of thiocarbonyl (C=S) groups is 1. The highest BCUT2D eigenvalue weighted by Crippen LogP contribution is 2.27. The van der Waals surface area contributed by atoms with E-state index in [2.05, 4.69) is 26.0 Å². The van der Waals surface area contributed by atoms with Crippen molar-refractivity contribution in [2.45, 2.75) is 20.1 Å². The van der Waals surface area contributed by atoms with Crippen molar-refractivity contribution < 1.29 is 13.5 Å². The third-order valence-corrected chi connectivity index (χ3v) is 4.74. The van der Waals surface area contributed by atoms with Gasteiger partial charge in [0.05, 0.1) is 5.69 Å². The summed E-state index contributed by atoms with van der Waals surface area (Å²) in [6, 6.07) is 9.11. The lowest BCUT2D eigenvalue weighted by atomic mass is 10.2. The number of anilines is 1. The molecule has 2 aromatic rings. The van der Waals surface area contributed by atoms with Crippen LogP contribution in [-0.2, 0) is 6.54 Å². The molecule has 0 radical (unpaired) electrons. The number of aromatic nitrogens is 1. The first-order valence-corrected chi connectivity index (χ1v) is 9.15. The minimum atomic E-state index is -2.88. The number of nitrogens with zero attached hydrogens (tertiary/aromatic N) is 3. The summed E-state index contributed by atoms with van der Waals surface area (Å²) >= 11 is 5.47. The number of rotatable bonds is 5. The molecule has 8 heteroatoms. The van der Waals surface area contributed by atoms with Gasteiger partial charge in [0.25, 0.3) is 0 Å². The SMILES string of the molecule is Cc1ccc(NC(=S)N2CCN(Cc3cccnc3)CC2)c(OC(F)F)c1. The van der Waals surface area contributed by atoms with Crippen LogP contribution in [0.5, 0.6) is 5.75 Å². The molecule has 1 aliphatic heterocycles. The second-order valence-electron chi connectivity index (χ2n) is 6.43. The van der Waals surface area contributed by atoms with Crippen molar-refractivity contribution in [1.29, 1.82) is 0 Å². The van der Waals surface area contributed by atoms with Crippen LogP contribution in [0, 0.1) is 6.92 Å². The van der Waals surface area contributed by atoms with E-state index in [0.717, 1.165) is 38.3 Å². The Bertz CT molecular complexity index is 768. The Hall–Kier alpha value is -2.32. The first-order valence-electron chi connectivity index (χ1n) is 8.74. The van der Waals surface area contributed by atoms with Crippen molar-refractivity contribution in [2.24, 2.45) is 0 Å². The highest BCUT2D eigenvalue weighted by atomic mass is 32.1. The smallest absolute Gasteiger partial charge is 0.387 e. The Kier molecular flexibility index (Phi) is 6.52. The number of aryl methyl sites for hydroxylation is 1. The zero-order valence-corrected chi connectivity index (χ0v) is 15.9. The minimum Gasteiger partial charge on any atom is -0.433 e. The molecule has 0 amide bonds. The maximum absolute atomic E-state index is 12.6. The third kappa shape index (κ3) is 5.58. The highest BCUT2D eigenvalue weighted by molar-refractivity contribution is 7.80. The maximum Gasteiger partial charge on any atom is 0.387 e. The number of benzene rings is 1. The van der Waals surface area contributed by atoms with E-state index in [1.54, 1.807) is 18.3 Å². The summed E-state index contributed by atoms with van der Waals surface area (Å²) in [4.78, 5) is 8.53. The fourth-order valence-electron chi connectivity index (χ4n) is 2.98. The van der Waals surface area contributed by atoms with Gasteiger partial charge < -0.3 is 15.0 Å². The number of piperazine rings is 1. The zero-order chi connectivity index (χ0) is 19.2. The number of halogens is 2. The molecule has 2 heterocycles. The van der Waals surface area contributed by atoms with E-state index < -0.39 is 6.61 Å². The summed E-state index contributed by atoms with van der Waals surface area (Å²) in [6.07, 6.45) is 3.64. The molecular weight excluding hydrogens is 370 g/mol. The molecule has 1 aromatic carbocycles. The number of hydrogen-bond donors (Lipinski definition) is 1. The van der Waals surface area contributed by atoms with Crippen LogP contribution < -0.4 is 10.1 Å². The van der Waals surface area contributed by atoms with E-state index in [1.165, 1.54) is 5.56 Å². The van der Waals surface area contributed by atoms with Gasteiger partial charge in [-0.2, -0.15) is 8.78 Å². The Balaban J connectivity index is 1.55. The largest absolute Gasteiger partial charge is 0.433 e. The molecule has 1 aliphatic rings. The summed E-state index contributed by atoms with van der Waals surface area (Å²) in [6.45, 7) is 3.06. The van der Waals surface area contributed by atoms with Crippen LogP contribution in [-0.4, -0.2) is 52.7 Å². The molecule has 27 heavy (non-hydrogen) atoms. The molecule has 0 aliphatic carbocycles. The van der Waals surface area contributed by atoms with Crippen molar-refractivity contribution in [1.82, 2.24) is 14.8 Å². The van der Waals surface area contributed by atoms with E-state index in [-0.39, 0.29) is 5.75 Å². The van der Waals surface area contributed by atoms with Crippen molar-refractivity contribution in [2.75, 3.05) is 31.5 Å². The molecule has 0 bridgehead atoms. The minimum absolute atomic E-state index is 0.0996. The summed E-state index contributed by atoms with van der Waals surface area (Å²) < 4.78 is 29.9. The van der Waals surface area contributed by atoms with E-state index in [0.29, 0.717) is 10.8 Å². The third-order valence-electron chi connectivity index (χ3n) is 4.38. The van der Waals surface area contributed by atoms with Gasteiger partial charge in [-0.3, -0.25) is 9.88 Å². The molecule has 1 aromatic heterocycles. The van der Waals surface area contributed by atoms with Gasteiger partial charge in [0, 0.05) is 45.1 Å². The van der Waals surface area contributed by atoms with Crippen LogP contribution in [0.25, 0.3) is 0 Å². The molecule has 0 unspecified atom stereocenters. The van der Waals surface area contributed by atoms with E-state index in [1.807, 2.05) is 30.2 Å². The average molecular weight is 392 g/mol. The second-order valence-corrected chi connectivity index (χ2v) is 6.82. The molecule has 144 valence electrons. The van der Waals surface area contributed by atoms with E-state index >= 15 is 0 Å².